The first-order chi connectivity index (χ1) is 6.05. The van der Waals surface area contributed by atoms with E-state index in [0.717, 1.165) is 19.5 Å². The third-order valence-corrected chi connectivity index (χ3v) is 2.26. The van der Waals surface area contributed by atoms with Crippen LogP contribution in [0.15, 0.2) is 0 Å². The van der Waals surface area contributed by atoms with Crippen molar-refractivity contribution in [2.24, 2.45) is 11.7 Å². The standard InChI is InChI=1S/C9H18N2O2/c1-9(2,6-10)13-8(12)7-3-4-11-5-7/h7,11H,3-6,10H2,1-2H3/t7-/m0/s1. The van der Waals surface area contributed by atoms with Gasteiger partial charge in [-0.25, -0.2) is 0 Å². The number of nitrogens with one attached hydrogen (secondary N) is 1. The Bertz CT molecular complexity index is 186. The Kier molecular flexibility index (Phi) is 3.27. The summed E-state index contributed by atoms with van der Waals surface area (Å²) >= 11 is 0. The van der Waals surface area contributed by atoms with Gasteiger partial charge in [-0.15, -0.1) is 0 Å². The Labute approximate surface area is 78.8 Å². The van der Waals surface area contributed by atoms with Crippen LogP contribution in [0.5, 0.6) is 0 Å². The van der Waals surface area contributed by atoms with Gasteiger partial charge in [0.2, 0.25) is 0 Å². The summed E-state index contributed by atoms with van der Waals surface area (Å²) in [6.45, 7) is 5.65. The average molecular weight is 186 g/mol. The van der Waals surface area contributed by atoms with Crippen LogP contribution < -0.4 is 11.1 Å². The summed E-state index contributed by atoms with van der Waals surface area (Å²) in [6.07, 6.45) is 0.874. The van der Waals surface area contributed by atoms with E-state index in [-0.39, 0.29) is 11.9 Å². The molecular formula is C9H18N2O2. The van der Waals surface area contributed by atoms with Gasteiger partial charge in [-0.2, -0.15) is 0 Å². The largest absolute Gasteiger partial charge is 0.458 e. The van der Waals surface area contributed by atoms with Crippen LogP contribution in [-0.2, 0) is 9.53 Å². The predicted molar refractivity (Wildman–Crippen MR) is 50.2 cm³/mol. The van der Waals surface area contributed by atoms with Gasteiger partial charge in [-0.1, -0.05) is 0 Å². The highest BCUT2D eigenvalue weighted by molar-refractivity contribution is 5.73. The Morgan fingerprint density at radius 2 is 2.38 bits per heavy atom. The van der Waals surface area contributed by atoms with E-state index in [9.17, 15) is 4.79 Å². The maximum absolute atomic E-state index is 11.5. The maximum atomic E-state index is 11.5. The van der Waals surface area contributed by atoms with E-state index >= 15 is 0 Å². The molecule has 0 saturated carbocycles. The molecule has 0 aromatic carbocycles. The van der Waals surface area contributed by atoms with E-state index in [1.807, 2.05) is 13.8 Å². The van der Waals surface area contributed by atoms with E-state index in [0.29, 0.717) is 6.54 Å². The van der Waals surface area contributed by atoms with Crippen molar-refractivity contribution in [3.05, 3.63) is 0 Å². The van der Waals surface area contributed by atoms with Crippen LogP contribution in [0.4, 0.5) is 0 Å². The van der Waals surface area contributed by atoms with E-state index in [4.69, 9.17) is 10.5 Å². The topological polar surface area (TPSA) is 64.3 Å². The fraction of sp³-hybridized carbons (Fsp3) is 0.889. The van der Waals surface area contributed by atoms with E-state index < -0.39 is 5.60 Å². The number of rotatable bonds is 3. The fourth-order valence-corrected chi connectivity index (χ4v) is 1.25. The smallest absolute Gasteiger partial charge is 0.310 e. The third kappa shape index (κ3) is 2.97. The minimum absolute atomic E-state index is 0.0193. The predicted octanol–water partition coefficient (Wildman–Crippen LogP) is -0.124. The molecule has 0 amide bonds. The molecule has 0 spiro atoms. The molecule has 1 fully saturated rings. The van der Waals surface area contributed by atoms with Gasteiger partial charge in [0.1, 0.15) is 5.60 Å². The highest BCUT2D eigenvalue weighted by Crippen LogP contribution is 2.15. The molecule has 0 unspecified atom stereocenters. The molecule has 76 valence electrons. The molecule has 0 aromatic rings. The molecular weight excluding hydrogens is 168 g/mol. The number of carbonyl (C=O) groups is 1. The summed E-state index contributed by atoms with van der Waals surface area (Å²) in [5, 5.41) is 3.12. The SMILES string of the molecule is CC(C)(CN)OC(=O)[C@H]1CCNC1. The molecule has 0 aliphatic carbocycles. The molecule has 1 atom stereocenters. The molecule has 13 heavy (non-hydrogen) atoms. The zero-order valence-corrected chi connectivity index (χ0v) is 8.30. The second kappa shape index (κ2) is 4.07. The first-order valence-electron chi connectivity index (χ1n) is 4.69. The summed E-state index contributed by atoms with van der Waals surface area (Å²) in [4.78, 5) is 11.5. The molecule has 1 heterocycles. The third-order valence-electron chi connectivity index (χ3n) is 2.26. The fourth-order valence-electron chi connectivity index (χ4n) is 1.25. The Morgan fingerprint density at radius 1 is 1.69 bits per heavy atom. The number of nitrogens with two attached hydrogens (primary N) is 1. The lowest BCUT2D eigenvalue weighted by Gasteiger charge is -2.24. The summed E-state index contributed by atoms with van der Waals surface area (Å²) in [7, 11) is 0. The number of hydrogen-bond acceptors (Lipinski definition) is 4. The summed E-state index contributed by atoms with van der Waals surface area (Å²) in [6, 6.07) is 0. The quantitative estimate of drug-likeness (QED) is 0.603. The van der Waals surface area contributed by atoms with Crippen molar-refractivity contribution in [2.45, 2.75) is 25.9 Å². The Hall–Kier alpha value is -0.610. The first-order valence-corrected chi connectivity index (χ1v) is 4.69. The molecule has 0 aromatic heterocycles. The van der Waals surface area contributed by atoms with E-state index in [1.54, 1.807) is 0 Å². The van der Waals surface area contributed by atoms with Crippen LogP contribution in [0, 0.1) is 5.92 Å². The first kappa shape index (κ1) is 10.5. The molecule has 1 aliphatic heterocycles. The lowest BCUT2D eigenvalue weighted by Crippen LogP contribution is -2.38. The highest BCUT2D eigenvalue weighted by Gasteiger charge is 2.28. The van der Waals surface area contributed by atoms with Crippen molar-refractivity contribution in [1.82, 2.24) is 5.32 Å². The minimum atomic E-state index is -0.528. The molecule has 1 saturated heterocycles. The number of ether oxygens (including phenoxy) is 1. The van der Waals surface area contributed by atoms with Gasteiger partial charge in [-0.3, -0.25) is 4.79 Å². The van der Waals surface area contributed by atoms with Gasteiger partial charge in [0.15, 0.2) is 0 Å². The second-order valence-electron chi connectivity index (χ2n) is 4.07. The van der Waals surface area contributed by atoms with Gasteiger partial charge < -0.3 is 15.8 Å². The second-order valence-corrected chi connectivity index (χ2v) is 4.07. The molecule has 4 nitrogen and oxygen atoms in total. The van der Waals surface area contributed by atoms with Gasteiger partial charge in [0.05, 0.1) is 5.92 Å². The Balaban J connectivity index is 2.40. The monoisotopic (exact) mass is 186 g/mol. The molecule has 1 rings (SSSR count). The number of esters is 1. The van der Waals surface area contributed by atoms with Crippen molar-refractivity contribution in [1.29, 1.82) is 0 Å². The number of carbonyl (C=O) groups excluding carboxylic acids is 1. The molecule has 0 radical (unpaired) electrons. The molecule has 4 heteroatoms. The maximum Gasteiger partial charge on any atom is 0.310 e. The van der Waals surface area contributed by atoms with Crippen molar-refractivity contribution >= 4 is 5.97 Å². The van der Waals surface area contributed by atoms with Crippen LogP contribution in [0.1, 0.15) is 20.3 Å². The van der Waals surface area contributed by atoms with Gasteiger partial charge in [-0.05, 0) is 26.8 Å². The van der Waals surface area contributed by atoms with E-state index in [2.05, 4.69) is 5.32 Å². The lowest BCUT2D eigenvalue weighted by atomic mass is 10.1. The van der Waals surface area contributed by atoms with E-state index in [1.165, 1.54) is 0 Å². The van der Waals surface area contributed by atoms with Crippen LogP contribution in [-0.4, -0.2) is 31.2 Å². The lowest BCUT2D eigenvalue weighted by molar-refractivity contribution is -0.159. The van der Waals surface area contributed by atoms with Gasteiger partial charge in [0, 0.05) is 13.1 Å². The normalized spacial score (nSPS) is 23.2. The molecule has 1 aliphatic rings. The van der Waals surface area contributed by atoms with Crippen LogP contribution in [0.2, 0.25) is 0 Å². The average Bonchev–Trinajstić information content (AvgIpc) is 2.55. The molecule has 3 N–H and O–H groups in total. The Morgan fingerprint density at radius 3 is 2.85 bits per heavy atom. The van der Waals surface area contributed by atoms with Crippen molar-refractivity contribution < 1.29 is 9.53 Å². The highest BCUT2D eigenvalue weighted by atomic mass is 16.6. The summed E-state index contributed by atoms with van der Waals surface area (Å²) < 4.78 is 5.27. The molecule has 0 bridgehead atoms. The van der Waals surface area contributed by atoms with Crippen LogP contribution >= 0.6 is 0 Å². The number of hydrogen-bond donors (Lipinski definition) is 2. The van der Waals surface area contributed by atoms with Crippen LogP contribution in [0.3, 0.4) is 0 Å². The zero-order valence-electron chi connectivity index (χ0n) is 8.30. The van der Waals surface area contributed by atoms with Crippen LogP contribution in [0.25, 0.3) is 0 Å². The van der Waals surface area contributed by atoms with Crippen molar-refractivity contribution in [3.63, 3.8) is 0 Å². The zero-order chi connectivity index (χ0) is 9.90. The summed E-state index contributed by atoms with van der Waals surface area (Å²) in [5.74, 6) is -0.105. The van der Waals surface area contributed by atoms with Gasteiger partial charge in [0.25, 0.3) is 0 Å². The summed E-state index contributed by atoms with van der Waals surface area (Å²) in [5.41, 5.74) is 4.93. The minimum Gasteiger partial charge on any atom is -0.458 e. The van der Waals surface area contributed by atoms with Crippen molar-refractivity contribution in [2.75, 3.05) is 19.6 Å². The van der Waals surface area contributed by atoms with Gasteiger partial charge >= 0.3 is 5.97 Å². The van der Waals surface area contributed by atoms with Crippen molar-refractivity contribution in [3.8, 4) is 0 Å².